The number of hydrogen-bond donors (Lipinski definition) is 1. The molecule has 0 bridgehead atoms. The summed E-state index contributed by atoms with van der Waals surface area (Å²) in [6, 6.07) is 20.1. The van der Waals surface area contributed by atoms with Crippen LogP contribution in [-0.4, -0.2) is 33.4 Å². The highest BCUT2D eigenvalue weighted by molar-refractivity contribution is 5.70. The van der Waals surface area contributed by atoms with Crippen molar-refractivity contribution in [2.45, 2.75) is 32.4 Å². The fraction of sp³-hybridized carbons (Fsp3) is 0.333. The van der Waals surface area contributed by atoms with Gasteiger partial charge >= 0.3 is 0 Å². The lowest BCUT2D eigenvalue weighted by Crippen LogP contribution is -2.43. The number of piperidine rings is 1. The molecule has 0 aliphatic carbocycles. The second-order valence-corrected chi connectivity index (χ2v) is 8.31. The predicted molar refractivity (Wildman–Crippen MR) is 128 cm³/mol. The molecular formula is C27H31FN2O2. The van der Waals surface area contributed by atoms with E-state index >= 15 is 0 Å². The highest BCUT2D eigenvalue weighted by atomic mass is 19.1. The van der Waals surface area contributed by atoms with E-state index in [1.165, 1.54) is 5.56 Å². The van der Waals surface area contributed by atoms with Gasteiger partial charge in [0.2, 0.25) is 0 Å². The molecule has 1 fully saturated rings. The quantitative estimate of drug-likeness (QED) is 0.527. The molecule has 0 radical (unpaired) electrons. The molecule has 0 atom stereocenters. The number of benzene rings is 3. The van der Waals surface area contributed by atoms with Crippen molar-refractivity contribution in [3.63, 3.8) is 0 Å². The van der Waals surface area contributed by atoms with E-state index in [-0.39, 0.29) is 5.82 Å². The van der Waals surface area contributed by atoms with Gasteiger partial charge in [0.15, 0.2) is 11.5 Å². The highest BCUT2D eigenvalue weighted by Gasteiger charge is 2.22. The molecule has 168 valence electrons. The molecule has 0 amide bonds. The van der Waals surface area contributed by atoms with Gasteiger partial charge in [0.25, 0.3) is 0 Å². The Labute approximate surface area is 190 Å². The van der Waals surface area contributed by atoms with Crippen LogP contribution in [0, 0.1) is 12.7 Å². The van der Waals surface area contributed by atoms with Crippen LogP contribution >= 0.6 is 0 Å². The number of aryl methyl sites for hydroxylation is 1. The van der Waals surface area contributed by atoms with Gasteiger partial charge in [-0.25, -0.2) is 4.39 Å². The first-order valence-corrected chi connectivity index (χ1v) is 11.1. The second kappa shape index (κ2) is 10.0. The van der Waals surface area contributed by atoms with Crippen LogP contribution in [0.25, 0.3) is 11.1 Å². The zero-order valence-corrected chi connectivity index (χ0v) is 19.0. The SMILES string of the molecule is COc1cc(-c2cccc(CN(c3ccc(F)cc3)C3CCNCC3)c2)cc(C)c1OC. The third-order valence-electron chi connectivity index (χ3n) is 6.19. The molecule has 1 saturated heterocycles. The summed E-state index contributed by atoms with van der Waals surface area (Å²) >= 11 is 0. The zero-order chi connectivity index (χ0) is 22.5. The molecule has 0 saturated carbocycles. The van der Waals surface area contributed by atoms with Crippen LogP contribution in [0.1, 0.15) is 24.0 Å². The molecule has 1 aliphatic heterocycles. The summed E-state index contributed by atoms with van der Waals surface area (Å²) in [7, 11) is 3.33. The third-order valence-corrected chi connectivity index (χ3v) is 6.19. The van der Waals surface area contributed by atoms with E-state index in [0.29, 0.717) is 6.04 Å². The molecule has 32 heavy (non-hydrogen) atoms. The Kier molecular flexibility index (Phi) is 6.96. The Morgan fingerprint density at radius 3 is 2.38 bits per heavy atom. The van der Waals surface area contributed by atoms with Crippen LogP contribution in [-0.2, 0) is 6.54 Å². The van der Waals surface area contributed by atoms with E-state index in [0.717, 1.165) is 66.4 Å². The van der Waals surface area contributed by atoms with Crippen molar-refractivity contribution in [2.24, 2.45) is 0 Å². The van der Waals surface area contributed by atoms with Crippen LogP contribution in [0.2, 0.25) is 0 Å². The van der Waals surface area contributed by atoms with Gasteiger partial charge in [0.05, 0.1) is 14.2 Å². The number of nitrogens with one attached hydrogen (secondary N) is 1. The summed E-state index contributed by atoms with van der Waals surface area (Å²) < 4.78 is 24.6. The first-order valence-electron chi connectivity index (χ1n) is 11.1. The van der Waals surface area contributed by atoms with Crippen molar-refractivity contribution in [1.29, 1.82) is 0 Å². The molecule has 5 heteroatoms. The molecule has 1 heterocycles. The average Bonchev–Trinajstić information content (AvgIpc) is 2.83. The Morgan fingerprint density at radius 2 is 1.69 bits per heavy atom. The molecule has 3 aromatic carbocycles. The van der Waals surface area contributed by atoms with Gasteiger partial charge < -0.3 is 19.7 Å². The summed E-state index contributed by atoms with van der Waals surface area (Å²) in [5, 5.41) is 3.44. The second-order valence-electron chi connectivity index (χ2n) is 8.31. The van der Waals surface area contributed by atoms with E-state index in [4.69, 9.17) is 9.47 Å². The van der Waals surface area contributed by atoms with Crippen molar-refractivity contribution in [3.05, 3.63) is 77.6 Å². The zero-order valence-electron chi connectivity index (χ0n) is 19.0. The largest absolute Gasteiger partial charge is 0.493 e. The molecule has 0 aromatic heterocycles. The molecule has 0 unspecified atom stereocenters. The number of halogens is 1. The minimum atomic E-state index is -0.204. The smallest absolute Gasteiger partial charge is 0.163 e. The minimum Gasteiger partial charge on any atom is -0.493 e. The predicted octanol–water partition coefficient (Wildman–Crippen LogP) is 5.58. The fourth-order valence-electron chi connectivity index (χ4n) is 4.55. The lowest BCUT2D eigenvalue weighted by Gasteiger charge is -2.36. The molecule has 3 aromatic rings. The summed E-state index contributed by atoms with van der Waals surface area (Å²) in [5.41, 5.74) is 5.55. The fourth-order valence-corrected chi connectivity index (χ4v) is 4.55. The molecule has 1 N–H and O–H groups in total. The topological polar surface area (TPSA) is 33.7 Å². The van der Waals surface area contributed by atoms with Crippen molar-refractivity contribution < 1.29 is 13.9 Å². The third kappa shape index (κ3) is 4.89. The van der Waals surface area contributed by atoms with Crippen LogP contribution in [0.4, 0.5) is 10.1 Å². The molecule has 0 spiro atoms. The molecule has 1 aliphatic rings. The van der Waals surface area contributed by atoms with Gasteiger partial charge in [-0.1, -0.05) is 18.2 Å². The molecule has 4 nitrogen and oxygen atoms in total. The first-order chi connectivity index (χ1) is 15.6. The summed E-state index contributed by atoms with van der Waals surface area (Å²) in [6.07, 6.45) is 2.15. The van der Waals surface area contributed by atoms with Crippen LogP contribution in [0.15, 0.2) is 60.7 Å². The van der Waals surface area contributed by atoms with E-state index in [1.807, 2.05) is 25.1 Å². The average molecular weight is 435 g/mol. The van der Waals surface area contributed by atoms with Gasteiger partial charge in [-0.15, -0.1) is 0 Å². The van der Waals surface area contributed by atoms with Crippen LogP contribution < -0.4 is 19.7 Å². The molecule has 4 rings (SSSR count). The van der Waals surface area contributed by atoms with Gasteiger partial charge in [-0.05, 0) is 97.6 Å². The lowest BCUT2D eigenvalue weighted by atomic mass is 9.98. The summed E-state index contributed by atoms with van der Waals surface area (Å²) in [6.45, 7) is 4.82. The van der Waals surface area contributed by atoms with Gasteiger partial charge in [-0.2, -0.15) is 0 Å². The van der Waals surface area contributed by atoms with E-state index in [1.54, 1.807) is 26.4 Å². The summed E-state index contributed by atoms with van der Waals surface area (Å²) in [5.74, 6) is 1.29. The molecular weight excluding hydrogens is 403 g/mol. The van der Waals surface area contributed by atoms with Crippen LogP contribution in [0.5, 0.6) is 11.5 Å². The van der Waals surface area contributed by atoms with Gasteiger partial charge in [0, 0.05) is 18.3 Å². The van der Waals surface area contributed by atoms with Crippen molar-refractivity contribution >= 4 is 5.69 Å². The van der Waals surface area contributed by atoms with E-state index in [9.17, 15) is 4.39 Å². The maximum Gasteiger partial charge on any atom is 0.163 e. The number of hydrogen-bond acceptors (Lipinski definition) is 4. The summed E-state index contributed by atoms with van der Waals surface area (Å²) in [4.78, 5) is 2.42. The Balaban J connectivity index is 1.65. The van der Waals surface area contributed by atoms with Crippen molar-refractivity contribution in [2.75, 3.05) is 32.2 Å². The normalized spacial score (nSPS) is 14.2. The Bertz CT molecular complexity index is 1050. The van der Waals surface area contributed by atoms with Crippen molar-refractivity contribution in [1.82, 2.24) is 5.32 Å². The number of nitrogens with zero attached hydrogens (tertiary/aromatic N) is 1. The highest BCUT2D eigenvalue weighted by Crippen LogP contribution is 2.36. The number of ether oxygens (including phenoxy) is 2. The number of rotatable bonds is 7. The monoisotopic (exact) mass is 434 g/mol. The van der Waals surface area contributed by atoms with E-state index in [2.05, 4.69) is 40.5 Å². The van der Waals surface area contributed by atoms with Crippen molar-refractivity contribution in [3.8, 4) is 22.6 Å². The van der Waals surface area contributed by atoms with Gasteiger partial charge in [0.1, 0.15) is 5.82 Å². The lowest BCUT2D eigenvalue weighted by molar-refractivity contribution is 0.353. The first kappa shape index (κ1) is 22.2. The number of methoxy groups -OCH3 is 2. The van der Waals surface area contributed by atoms with E-state index < -0.39 is 0 Å². The minimum absolute atomic E-state index is 0.204. The van der Waals surface area contributed by atoms with Gasteiger partial charge in [-0.3, -0.25) is 0 Å². The van der Waals surface area contributed by atoms with Crippen LogP contribution in [0.3, 0.4) is 0 Å². The standard InChI is InChI=1S/C27H31FN2O2/c1-19-15-22(17-26(31-2)27(19)32-3)21-6-4-5-20(16-21)18-30(25-11-13-29-14-12-25)24-9-7-23(28)8-10-24/h4-10,15-17,25,29H,11-14,18H2,1-3H3. The maximum absolute atomic E-state index is 13.6. The Hall–Kier alpha value is -3.05. The maximum atomic E-state index is 13.6. The number of anilines is 1. The Morgan fingerprint density at radius 1 is 0.938 bits per heavy atom.